The van der Waals surface area contributed by atoms with E-state index < -0.39 is 17.5 Å². The molecule has 0 unspecified atom stereocenters. The molecule has 3 aromatic carbocycles. The van der Waals surface area contributed by atoms with E-state index in [0.29, 0.717) is 29.5 Å². The molecule has 0 spiro atoms. The van der Waals surface area contributed by atoms with Crippen molar-refractivity contribution in [1.82, 2.24) is 0 Å². The predicted octanol–water partition coefficient (Wildman–Crippen LogP) is 6.96. The van der Waals surface area contributed by atoms with Crippen LogP contribution < -0.4 is 0 Å². The molecular formula is C24H18F4. The Morgan fingerprint density at radius 3 is 2.25 bits per heavy atom. The molecule has 4 heteroatoms. The molecule has 28 heavy (non-hydrogen) atoms. The van der Waals surface area contributed by atoms with Crippen LogP contribution in [-0.2, 0) is 12.8 Å². The van der Waals surface area contributed by atoms with Crippen molar-refractivity contribution in [2.75, 3.05) is 0 Å². The van der Waals surface area contributed by atoms with Gasteiger partial charge in [-0.1, -0.05) is 43.3 Å². The van der Waals surface area contributed by atoms with E-state index in [0.717, 1.165) is 29.7 Å². The van der Waals surface area contributed by atoms with Gasteiger partial charge in [0.1, 0.15) is 11.6 Å². The standard InChI is InChI=1S/C24H18F4/c1-2-14-3-7-18(22(26)11-14)15-4-8-19-16(12-15)5-9-20(24(19)28)17-6-10-21(25)23(27)13-17/h3,5-7,9-13H,2,4,8H2,1H3. The van der Waals surface area contributed by atoms with Gasteiger partial charge in [-0.05, 0) is 65.3 Å². The maximum absolute atomic E-state index is 15.1. The molecule has 0 radical (unpaired) electrons. The summed E-state index contributed by atoms with van der Waals surface area (Å²) in [6, 6.07) is 11.9. The largest absolute Gasteiger partial charge is 0.206 e. The van der Waals surface area contributed by atoms with Crippen LogP contribution in [0.25, 0.3) is 22.8 Å². The summed E-state index contributed by atoms with van der Waals surface area (Å²) in [5.74, 6) is -2.69. The summed E-state index contributed by atoms with van der Waals surface area (Å²) in [6.07, 6.45) is 3.49. The number of hydrogen-bond donors (Lipinski definition) is 0. The zero-order valence-corrected chi connectivity index (χ0v) is 15.3. The van der Waals surface area contributed by atoms with Crippen molar-refractivity contribution < 1.29 is 17.6 Å². The second kappa shape index (κ2) is 7.27. The maximum Gasteiger partial charge on any atom is 0.159 e. The molecule has 0 saturated heterocycles. The maximum atomic E-state index is 15.1. The third-order valence-electron chi connectivity index (χ3n) is 5.27. The first-order valence-electron chi connectivity index (χ1n) is 9.24. The van der Waals surface area contributed by atoms with Crippen LogP contribution in [-0.4, -0.2) is 0 Å². The average Bonchev–Trinajstić information content (AvgIpc) is 2.70. The van der Waals surface area contributed by atoms with Gasteiger partial charge in [0, 0.05) is 11.1 Å². The Morgan fingerprint density at radius 2 is 1.54 bits per heavy atom. The lowest BCUT2D eigenvalue weighted by atomic mass is 9.86. The number of rotatable bonds is 3. The van der Waals surface area contributed by atoms with Gasteiger partial charge in [-0.15, -0.1) is 0 Å². The molecule has 142 valence electrons. The van der Waals surface area contributed by atoms with Gasteiger partial charge in [-0.3, -0.25) is 0 Å². The van der Waals surface area contributed by atoms with Gasteiger partial charge < -0.3 is 0 Å². The zero-order chi connectivity index (χ0) is 19.8. The lowest BCUT2D eigenvalue weighted by Gasteiger charge is -2.20. The summed E-state index contributed by atoms with van der Waals surface area (Å²) in [4.78, 5) is 0. The first kappa shape index (κ1) is 18.5. The van der Waals surface area contributed by atoms with Crippen LogP contribution in [0.15, 0.2) is 48.5 Å². The minimum Gasteiger partial charge on any atom is -0.206 e. The van der Waals surface area contributed by atoms with E-state index >= 15 is 4.39 Å². The van der Waals surface area contributed by atoms with Crippen LogP contribution in [0.1, 0.15) is 35.6 Å². The highest BCUT2D eigenvalue weighted by atomic mass is 19.2. The van der Waals surface area contributed by atoms with Crippen molar-refractivity contribution >= 4 is 11.6 Å². The van der Waals surface area contributed by atoms with E-state index in [-0.39, 0.29) is 16.9 Å². The highest BCUT2D eigenvalue weighted by molar-refractivity contribution is 5.85. The minimum atomic E-state index is -1.01. The topological polar surface area (TPSA) is 0 Å². The fourth-order valence-electron chi connectivity index (χ4n) is 3.68. The molecule has 0 aromatic heterocycles. The Balaban J connectivity index is 1.74. The van der Waals surface area contributed by atoms with Crippen LogP contribution in [0.3, 0.4) is 0 Å². The van der Waals surface area contributed by atoms with E-state index in [4.69, 9.17) is 0 Å². The van der Waals surface area contributed by atoms with Crippen molar-refractivity contribution in [3.8, 4) is 11.1 Å². The number of halogens is 4. The van der Waals surface area contributed by atoms with Gasteiger partial charge in [-0.25, -0.2) is 17.6 Å². The van der Waals surface area contributed by atoms with Crippen molar-refractivity contribution in [3.05, 3.63) is 94.1 Å². The first-order chi connectivity index (χ1) is 13.5. The Labute approximate surface area is 161 Å². The molecule has 1 aliphatic carbocycles. The molecule has 0 heterocycles. The summed E-state index contributed by atoms with van der Waals surface area (Å²) in [5, 5.41) is 0. The Bertz CT molecular complexity index is 1100. The molecule has 0 aliphatic heterocycles. The molecule has 4 rings (SSSR count). The van der Waals surface area contributed by atoms with E-state index in [9.17, 15) is 13.2 Å². The van der Waals surface area contributed by atoms with Gasteiger partial charge in [0.15, 0.2) is 11.6 Å². The SMILES string of the molecule is CCc1ccc(C2=Cc3ccc(-c4ccc(F)c(F)c4)c(F)c3CC2)c(F)c1. The van der Waals surface area contributed by atoms with Gasteiger partial charge in [0.25, 0.3) is 0 Å². The lowest BCUT2D eigenvalue weighted by molar-refractivity contribution is 0.509. The fraction of sp³-hybridized carbons (Fsp3) is 0.167. The lowest BCUT2D eigenvalue weighted by Crippen LogP contribution is -2.05. The number of benzene rings is 3. The van der Waals surface area contributed by atoms with Crippen molar-refractivity contribution in [1.29, 1.82) is 0 Å². The Morgan fingerprint density at radius 1 is 0.750 bits per heavy atom. The molecule has 0 saturated carbocycles. The van der Waals surface area contributed by atoms with Crippen LogP contribution >= 0.6 is 0 Å². The quantitative estimate of drug-likeness (QED) is 0.430. The van der Waals surface area contributed by atoms with Crippen molar-refractivity contribution in [3.63, 3.8) is 0 Å². The average molecular weight is 382 g/mol. The summed E-state index contributed by atoms with van der Waals surface area (Å²) < 4.78 is 56.2. The highest BCUT2D eigenvalue weighted by Gasteiger charge is 2.20. The Kier molecular flexibility index (Phi) is 4.80. The molecule has 3 aromatic rings. The summed E-state index contributed by atoms with van der Waals surface area (Å²) in [6.45, 7) is 1.97. The molecule has 0 fully saturated rings. The zero-order valence-electron chi connectivity index (χ0n) is 15.3. The fourth-order valence-corrected chi connectivity index (χ4v) is 3.68. The smallest absolute Gasteiger partial charge is 0.159 e. The highest BCUT2D eigenvalue weighted by Crippen LogP contribution is 2.36. The minimum absolute atomic E-state index is 0.230. The van der Waals surface area contributed by atoms with Crippen molar-refractivity contribution in [2.24, 2.45) is 0 Å². The molecule has 1 aliphatic rings. The predicted molar refractivity (Wildman–Crippen MR) is 104 cm³/mol. The normalized spacial score (nSPS) is 13.2. The van der Waals surface area contributed by atoms with E-state index in [1.807, 2.05) is 13.0 Å². The van der Waals surface area contributed by atoms with Crippen LogP contribution in [0.2, 0.25) is 0 Å². The van der Waals surface area contributed by atoms with Crippen LogP contribution in [0, 0.1) is 23.3 Å². The summed E-state index contributed by atoms with van der Waals surface area (Å²) in [7, 11) is 0. The molecule has 0 nitrogen and oxygen atoms in total. The second-order valence-electron chi connectivity index (χ2n) is 6.96. The van der Waals surface area contributed by atoms with Crippen molar-refractivity contribution in [2.45, 2.75) is 26.2 Å². The van der Waals surface area contributed by atoms with Gasteiger partial charge in [-0.2, -0.15) is 0 Å². The molecule has 0 bridgehead atoms. The monoisotopic (exact) mass is 382 g/mol. The van der Waals surface area contributed by atoms with Crippen LogP contribution in [0.5, 0.6) is 0 Å². The van der Waals surface area contributed by atoms with Crippen LogP contribution in [0.4, 0.5) is 17.6 Å². The third kappa shape index (κ3) is 3.24. The Hall–Kier alpha value is -2.88. The van der Waals surface area contributed by atoms with Gasteiger partial charge >= 0.3 is 0 Å². The first-order valence-corrected chi connectivity index (χ1v) is 9.24. The summed E-state index contributed by atoms with van der Waals surface area (Å²) in [5.41, 5.74) is 4.00. The van der Waals surface area contributed by atoms with E-state index in [2.05, 4.69) is 0 Å². The number of hydrogen-bond acceptors (Lipinski definition) is 0. The summed E-state index contributed by atoms with van der Waals surface area (Å²) >= 11 is 0. The molecule has 0 atom stereocenters. The van der Waals surface area contributed by atoms with Gasteiger partial charge in [0.2, 0.25) is 0 Å². The third-order valence-corrected chi connectivity index (χ3v) is 5.27. The number of aryl methyl sites for hydroxylation is 1. The molecular weight excluding hydrogens is 364 g/mol. The molecule has 0 N–H and O–H groups in total. The second-order valence-corrected chi connectivity index (χ2v) is 6.96. The van der Waals surface area contributed by atoms with E-state index in [1.165, 1.54) is 6.07 Å². The van der Waals surface area contributed by atoms with Gasteiger partial charge in [0.05, 0.1) is 0 Å². The number of allylic oxidation sites excluding steroid dienone is 1. The molecule has 0 amide bonds. The number of fused-ring (bicyclic) bond motifs is 1. The van der Waals surface area contributed by atoms with E-state index in [1.54, 1.807) is 30.3 Å².